The van der Waals surface area contributed by atoms with E-state index in [2.05, 4.69) is 9.97 Å². The molecule has 0 fully saturated rings. The SMILES string of the molecule is CCOC(=O)c1c(C)oc2nc[nH]c(=O)c12. The third-order valence-corrected chi connectivity index (χ3v) is 2.15. The molecule has 0 saturated carbocycles. The molecule has 6 heteroatoms. The van der Waals surface area contributed by atoms with E-state index in [1.807, 2.05) is 0 Å². The second-order valence-corrected chi connectivity index (χ2v) is 3.17. The number of esters is 1. The van der Waals surface area contributed by atoms with Crippen LogP contribution in [0.5, 0.6) is 0 Å². The normalized spacial score (nSPS) is 10.6. The van der Waals surface area contributed by atoms with Crippen LogP contribution in [0, 0.1) is 6.92 Å². The topological polar surface area (TPSA) is 85.2 Å². The first kappa shape index (κ1) is 10.4. The molecule has 2 aromatic heterocycles. The van der Waals surface area contributed by atoms with E-state index in [9.17, 15) is 9.59 Å². The van der Waals surface area contributed by atoms with Gasteiger partial charge in [0.2, 0.25) is 5.71 Å². The van der Waals surface area contributed by atoms with E-state index in [4.69, 9.17) is 9.15 Å². The molecule has 0 bridgehead atoms. The van der Waals surface area contributed by atoms with Crippen molar-refractivity contribution in [3.63, 3.8) is 0 Å². The summed E-state index contributed by atoms with van der Waals surface area (Å²) in [6.45, 7) is 3.52. The van der Waals surface area contributed by atoms with E-state index < -0.39 is 11.5 Å². The number of furan rings is 1. The largest absolute Gasteiger partial charge is 0.462 e. The molecule has 0 aliphatic carbocycles. The molecule has 0 unspecified atom stereocenters. The first-order valence-corrected chi connectivity index (χ1v) is 4.79. The van der Waals surface area contributed by atoms with Gasteiger partial charge in [0.15, 0.2) is 0 Å². The molecule has 0 amide bonds. The number of aromatic amines is 1. The van der Waals surface area contributed by atoms with Gasteiger partial charge in [-0.3, -0.25) is 4.79 Å². The van der Waals surface area contributed by atoms with Gasteiger partial charge in [-0.2, -0.15) is 0 Å². The van der Waals surface area contributed by atoms with Gasteiger partial charge < -0.3 is 14.1 Å². The van der Waals surface area contributed by atoms with Crippen molar-refractivity contribution < 1.29 is 13.9 Å². The molecule has 6 nitrogen and oxygen atoms in total. The Morgan fingerprint density at radius 1 is 1.62 bits per heavy atom. The quantitative estimate of drug-likeness (QED) is 0.766. The molecule has 1 N–H and O–H groups in total. The van der Waals surface area contributed by atoms with Crippen molar-refractivity contribution in [1.29, 1.82) is 0 Å². The zero-order chi connectivity index (χ0) is 11.7. The lowest BCUT2D eigenvalue weighted by Gasteiger charge is -1.99. The number of hydrogen-bond donors (Lipinski definition) is 1. The maximum atomic E-state index is 11.6. The molecule has 0 aliphatic heterocycles. The van der Waals surface area contributed by atoms with E-state index >= 15 is 0 Å². The van der Waals surface area contributed by atoms with Crippen molar-refractivity contribution >= 4 is 17.1 Å². The maximum Gasteiger partial charge on any atom is 0.342 e. The molecule has 0 saturated heterocycles. The second-order valence-electron chi connectivity index (χ2n) is 3.17. The smallest absolute Gasteiger partial charge is 0.342 e. The molecular weight excluding hydrogens is 212 g/mol. The minimum atomic E-state index is -0.572. The number of aromatic nitrogens is 2. The Kier molecular flexibility index (Phi) is 2.47. The van der Waals surface area contributed by atoms with Crippen molar-refractivity contribution in [2.24, 2.45) is 0 Å². The first-order chi connectivity index (χ1) is 7.65. The van der Waals surface area contributed by atoms with Gasteiger partial charge in [-0.05, 0) is 13.8 Å². The van der Waals surface area contributed by atoms with Crippen LogP contribution >= 0.6 is 0 Å². The predicted octanol–water partition coefficient (Wildman–Crippen LogP) is 1.00. The van der Waals surface area contributed by atoms with Gasteiger partial charge in [0.1, 0.15) is 16.7 Å². The Morgan fingerprint density at radius 3 is 3.06 bits per heavy atom. The van der Waals surface area contributed by atoms with Gasteiger partial charge in [0.25, 0.3) is 5.56 Å². The summed E-state index contributed by atoms with van der Waals surface area (Å²) in [5, 5.41) is 0.137. The summed E-state index contributed by atoms with van der Waals surface area (Å²) in [6, 6.07) is 0. The number of H-pyrrole nitrogens is 1. The van der Waals surface area contributed by atoms with Gasteiger partial charge >= 0.3 is 5.97 Å². The highest BCUT2D eigenvalue weighted by Crippen LogP contribution is 2.20. The molecular formula is C10H10N2O4. The van der Waals surface area contributed by atoms with E-state index in [-0.39, 0.29) is 23.3 Å². The molecule has 84 valence electrons. The Morgan fingerprint density at radius 2 is 2.38 bits per heavy atom. The zero-order valence-electron chi connectivity index (χ0n) is 8.86. The summed E-state index contributed by atoms with van der Waals surface area (Å²) >= 11 is 0. The van der Waals surface area contributed by atoms with Crippen molar-refractivity contribution in [2.45, 2.75) is 13.8 Å². The molecule has 16 heavy (non-hydrogen) atoms. The minimum Gasteiger partial charge on any atom is -0.462 e. The summed E-state index contributed by atoms with van der Waals surface area (Å²) in [5.74, 6) is -0.241. The third-order valence-electron chi connectivity index (χ3n) is 2.15. The Labute approximate surface area is 90.2 Å². The number of carbonyl (C=O) groups is 1. The number of fused-ring (bicyclic) bond motifs is 1. The van der Waals surface area contributed by atoms with Crippen molar-refractivity contribution in [2.75, 3.05) is 6.61 Å². The molecule has 0 aliphatic rings. The van der Waals surface area contributed by atoms with Gasteiger partial charge in [-0.25, -0.2) is 9.78 Å². The number of carbonyl (C=O) groups excluding carboxylic acids is 1. The summed E-state index contributed by atoms with van der Waals surface area (Å²) in [6.07, 6.45) is 1.22. The lowest BCUT2D eigenvalue weighted by Crippen LogP contribution is -2.12. The molecule has 0 atom stereocenters. The highest BCUT2D eigenvalue weighted by molar-refractivity contribution is 6.03. The first-order valence-electron chi connectivity index (χ1n) is 4.79. The molecule has 0 aromatic carbocycles. The van der Waals surface area contributed by atoms with Crippen LogP contribution in [0.4, 0.5) is 0 Å². The van der Waals surface area contributed by atoms with Crippen LogP contribution in [-0.4, -0.2) is 22.5 Å². The van der Waals surface area contributed by atoms with E-state index in [0.29, 0.717) is 5.76 Å². The number of nitrogens with one attached hydrogen (secondary N) is 1. The van der Waals surface area contributed by atoms with Crippen molar-refractivity contribution in [3.05, 3.63) is 28.0 Å². The van der Waals surface area contributed by atoms with Crippen molar-refractivity contribution in [3.8, 4) is 0 Å². The van der Waals surface area contributed by atoms with Crippen molar-refractivity contribution in [1.82, 2.24) is 9.97 Å². The van der Waals surface area contributed by atoms with Crippen LogP contribution in [0.3, 0.4) is 0 Å². The molecule has 2 heterocycles. The number of ether oxygens (including phenoxy) is 1. The number of rotatable bonds is 2. The van der Waals surface area contributed by atoms with E-state index in [1.54, 1.807) is 13.8 Å². The van der Waals surface area contributed by atoms with E-state index in [1.165, 1.54) is 6.33 Å². The lowest BCUT2D eigenvalue weighted by atomic mass is 10.2. The van der Waals surface area contributed by atoms with Gasteiger partial charge in [0, 0.05) is 0 Å². The van der Waals surface area contributed by atoms with Gasteiger partial charge in [-0.15, -0.1) is 0 Å². The summed E-state index contributed by atoms with van der Waals surface area (Å²) in [7, 11) is 0. The molecule has 2 rings (SSSR count). The number of hydrogen-bond acceptors (Lipinski definition) is 5. The Hall–Kier alpha value is -2.11. The van der Waals surface area contributed by atoms with Crippen LogP contribution in [0.15, 0.2) is 15.5 Å². The lowest BCUT2D eigenvalue weighted by molar-refractivity contribution is 0.0526. The Balaban J connectivity index is 2.73. The van der Waals surface area contributed by atoms with E-state index in [0.717, 1.165) is 0 Å². The highest BCUT2D eigenvalue weighted by Gasteiger charge is 2.22. The number of nitrogens with zero attached hydrogens (tertiary/aromatic N) is 1. The summed E-state index contributed by atoms with van der Waals surface area (Å²) in [4.78, 5) is 29.4. The van der Waals surface area contributed by atoms with Crippen LogP contribution in [0.1, 0.15) is 23.0 Å². The standard InChI is InChI=1S/C10H10N2O4/c1-3-15-10(14)6-5(2)16-9-7(6)8(13)11-4-12-9/h4H,3H2,1-2H3,(H,11,12,13). The average Bonchev–Trinajstić information content (AvgIpc) is 2.56. The van der Waals surface area contributed by atoms with Crippen LogP contribution in [0.25, 0.3) is 11.1 Å². The van der Waals surface area contributed by atoms with Crippen LogP contribution in [-0.2, 0) is 4.74 Å². The van der Waals surface area contributed by atoms with Gasteiger partial charge in [0.05, 0.1) is 12.9 Å². The monoisotopic (exact) mass is 222 g/mol. The molecule has 0 radical (unpaired) electrons. The predicted molar refractivity (Wildman–Crippen MR) is 55.3 cm³/mol. The average molecular weight is 222 g/mol. The fourth-order valence-corrected chi connectivity index (χ4v) is 1.50. The summed E-state index contributed by atoms with van der Waals surface area (Å²) in [5.41, 5.74) is -0.125. The fraction of sp³-hybridized carbons (Fsp3) is 0.300. The highest BCUT2D eigenvalue weighted by atomic mass is 16.5. The zero-order valence-corrected chi connectivity index (χ0v) is 8.86. The number of aryl methyl sites for hydroxylation is 1. The Bertz CT molecular complexity index is 596. The maximum absolute atomic E-state index is 11.6. The van der Waals surface area contributed by atoms with Crippen LogP contribution < -0.4 is 5.56 Å². The summed E-state index contributed by atoms with van der Waals surface area (Å²) < 4.78 is 10.1. The molecule has 0 spiro atoms. The fourth-order valence-electron chi connectivity index (χ4n) is 1.50. The third kappa shape index (κ3) is 1.48. The van der Waals surface area contributed by atoms with Gasteiger partial charge in [-0.1, -0.05) is 0 Å². The molecule has 2 aromatic rings. The second kappa shape index (κ2) is 3.80. The minimum absolute atomic E-state index is 0.137. The van der Waals surface area contributed by atoms with Crippen LogP contribution in [0.2, 0.25) is 0 Å².